The average molecular weight is 269 g/mol. The van der Waals surface area contributed by atoms with E-state index < -0.39 is 11.7 Å². The fourth-order valence-corrected chi connectivity index (χ4v) is 1.29. The van der Waals surface area contributed by atoms with Crippen LogP contribution in [0.1, 0.15) is 33.0 Å². The van der Waals surface area contributed by atoms with Crippen LogP contribution in [0.15, 0.2) is 6.20 Å². The van der Waals surface area contributed by atoms with E-state index in [-0.39, 0.29) is 12.4 Å². The summed E-state index contributed by atoms with van der Waals surface area (Å²) in [4.78, 5) is 29.4. The summed E-state index contributed by atoms with van der Waals surface area (Å²) < 4.78 is 9.62. The maximum atomic E-state index is 11.5. The zero-order valence-electron chi connectivity index (χ0n) is 11.6. The Balaban J connectivity index is 2.46. The van der Waals surface area contributed by atoms with Crippen molar-refractivity contribution in [2.75, 3.05) is 12.4 Å². The van der Waals surface area contributed by atoms with Crippen LogP contribution in [0.3, 0.4) is 0 Å². The number of hydrogen-bond acceptors (Lipinski definition) is 5. The van der Waals surface area contributed by atoms with Crippen molar-refractivity contribution >= 4 is 17.9 Å². The van der Waals surface area contributed by atoms with Gasteiger partial charge in [0.25, 0.3) is 0 Å². The lowest BCUT2D eigenvalue weighted by Crippen LogP contribution is -2.27. The second-order valence-corrected chi connectivity index (χ2v) is 4.95. The first-order valence-corrected chi connectivity index (χ1v) is 5.91. The van der Waals surface area contributed by atoms with Crippen LogP contribution in [0, 0.1) is 0 Å². The number of carbonyl (C=O) groups excluding carboxylic acids is 2. The third-order valence-electron chi connectivity index (χ3n) is 2.06. The number of amides is 1. The van der Waals surface area contributed by atoms with Gasteiger partial charge in [0.2, 0.25) is 0 Å². The number of methoxy groups -OCH3 is 1. The Hall–Kier alpha value is -2.05. The minimum atomic E-state index is -0.560. The largest absolute Gasteiger partial charge is 0.469 e. The summed E-state index contributed by atoms with van der Waals surface area (Å²) in [5, 5.41) is 2.53. The van der Waals surface area contributed by atoms with Crippen LogP contribution in [0.25, 0.3) is 0 Å². The molecular formula is C12H19N3O4. The molecule has 19 heavy (non-hydrogen) atoms. The summed E-state index contributed by atoms with van der Waals surface area (Å²) in [6, 6.07) is 0. The smallest absolute Gasteiger partial charge is 0.413 e. The van der Waals surface area contributed by atoms with Gasteiger partial charge in [-0.2, -0.15) is 0 Å². The number of nitrogens with one attached hydrogen (secondary N) is 2. The number of nitrogens with zero attached hydrogens (tertiary/aromatic N) is 1. The van der Waals surface area contributed by atoms with Crippen molar-refractivity contribution < 1.29 is 19.1 Å². The molecule has 7 heteroatoms. The predicted molar refractivity (Wildman–Crippen MR) is 68.8 cm³/mol. The summed E-state index contributed by atoms with van der Waals surface area (Å²) in [6.45, 7) is 5.34. The van der Waals surface area contributed by atoms with E-state index in [1.165, 1.54) is 13.3 Å². The first-order valence-electron chi connectivity index (χ1n) is 5.91. The van der Waals surface area contributed by atoms with Crippen LogP contribution in [-0.4, -0.2) is 34.7 Å². The lowest BCUT2D eigenvalue weighted by atomic mass is 10.2. The van der Waals surface area contributed by atoms with Gasteiger partial charge < -0.3 is 14.5 Å². The van der Waals surface area contributed by atoms with Crippen LogP contribution in [0.2, 0.25) is 0 Å². The zero-order chi connectivity index (χ0) is 14.5. The van der Waals surface area contributed by atoms with Crippen LogP contribution in [-0.2, 0) is 20.7 Å². The second-order valence-electron chi connectivity index (χ2n) is 4.95. The number of ether oxygens (including phenoxy) is 2. The topological polar surface area (TPSA) is 93.3 Å². The van der Waals surface area contributed by atoms with Gasteiger partial charge in [-0.3, -0.25) is 10.1 Å². The highest BCUT2D eigenvalue weighted by Gasteiger charge is 2.16. The first kappa shape index (κ1) is 15.0. The number of rotatable bonds is 4. The first-order chi connectivity index (χ1) is 8.80. The van der Waals surface area contributed by atoms with Gasteiger partial charge in [0.05, 0.1) is 19.7 Å². The molecule has 0 aliphatic rings. The van der Waals surface area contributed by atoms with Crippen LogP contribution in [0.5, 0.6) is 0 Å². The Labute approximate surface area is 111 Å². The highest BCUT2D eigenvalue weighted by Crippen LogP contribution is 2.10. The van der Waals surface area contributed by atoms with Gasteiger partial charge in [0.1, 0.15) is 17.2 Å². The standard InChI is InChI=1S/C12H19N3O4/c1-12(2,3)19-11(17)15-9-7-13-8(14-9)5-6-10(16)18-4/h7H,5-6H2,1-4H3,(H,13,14)(H,15,17). The molecule has 0 atom stereocenters. The third kappa shape index (κ3) is 5.89. The maximum absolute atomic E-state index is 11.5. The van der Waals surface area contributed by atoms with E-state index in [1.807, 2.05) is 0 Å². The summed E-state index contributed by atoms with van der Waals surface area (Å²) >= 11 is 0. The molecule has 0 unspecified atom stereocenters. The number of esters is 1. The van der Waals surface area contributed by atoms with Gasteiger partial charge in [-0.25, -0.2) is 9.78 Å². The highest BCUT2D eigenvalue weighted by atomic mass is 16.6. The molecule has 1 amide bonds. The molecule has 2 N–H and O–H groups in total. The van der Waals surface area contributed by atoms with E-state index in [1.54, 1.807) is 20.8 Å². The number of imidazole rings is 1. The molecule has 0 aromatic carbocycles. The van der Waals surface area contributed by atoms with Crippen LogP contribution < -0.4 is 5.32 Å². The molecule has 0 spiro atoms. The number of H-pyrrole nitrogens is 1. The number of aromatic amines is 1. The molecule has 0 saturated carbocycles. The normalized spacial score (nSPS) is 10.9. The Kier molecular flexibility index (Phi) is 4.91. The van der Waals surface area contributed by atoms with E-state index in [2.05, 4.69) is 20.0 Å². The van der Waals surface area contributed by atoms with Crippen molar-refractivity contribution in [1.29, 1.82) is 0 Å². The van der Waals surface area contributed by atoms with E-state index in [4.69, 9.17) is 4.74 Å². The highest BCUT2D eigenvalue weighted by molar-refractivity contribution is 5.83. The summed E-state index contributed by atoms with van der Waals surface area (Å²) in [7, 11) is 1.33. The van der Waals surface area contributed by atoms with E-state index in [9.17, 15) is 9.59 Å². The average Bonchev–Trinajstić information content (AvgIpc) is 2.70. The molecule has 1 aromatic heterocycles. The van der Waals surface area contributed by atoms with Gasteiger partial charge in [0, 0.05) is 6.42 Å². The molecular weight excluding hydrogens is 250 g/mol. The summed E-state index contributed by atoms with van der Waals surface area (Å²) in [5.41, 5.74) is -0.558. The fraction of sp³-hybridized carbons (Fsp3) is 0.583. The van der Waals surface area contributed by atoms with E-state index >= 15 is 0 Å². The van der Waals surface area contributed by atoms with Crippen molar-refractivity contribution in [2.24, 2.45) is 0 Å². The zero-order valence-corrected chi connectivity index (χ0v) is 11.6. The number of hydrogen-bond donors (Lipinski definition) is 2. The Bertz CT molecular complexity index is 448. The predicted octanol–water partition coefficient (Wildman–Crippen LogP) is 1.86. The molecule has 0 radical (unpaired) electrons. The van der Waals surface area contributed by atoms with Gasteiger partial charge >= 0.3 is 12.1 Å². The number of anilines is 1. The maximum Gasteiger partial charge on any atom is 0.413 e. The third-order valence-corrected chi connectivity index (χ3v) is 2.06. The molecule has 106 valence electrons. The number of aryl methyl sites for hydroxylation is 1. The Morgan fingerprint density at radius 1 is 1.42 bits per heavy atom. The molecule has 0 saturated heterocycles. The van der Waals surface area contributed by atoms with Crippen LogP contribution in [0.4, 0.5) is 10.6 Å². The second kappa shape index (κ2) is 6.21. The van der Waals surface area contributed by atoms with Gasteiger partial charge in [-0.05, 0) is 20.8 Å². The Morgan fingerprint density at radius 2 is 2.11 bits per heavy atom. The molecule has 1 aromatic rings. The molecule has 0 aliphatic carbocycles. The minimum absolute atomic E-state index is 0.232. The van der Waals surface area contributed by atoms with Crippen molar-refractivity contribution in [3.8, 4) is 0 Å². The lowest BCUT2D eigenvalue weighted by Gasteiger charge is -2.19. The lowest BCUT2D eigenvalue weighted by molar-refractivity contribution is -0.140. The molecule has 0 aliphatic heterocycles. The van der Waals surface area contributed by atoms with Crippen molar-refractivity contribution in [3.05, 3.63) is 12.0 Å². The fourth-order valence-electron chi connectivity index (χ4n) is 1.29. The van der Waals surface area contributed by atoms with Gasteiger partial charge in [0.15, 0.2) is 0 Å². The van der Waals surface area contributed by atoms with Gasteiger partial charge in [-0.1, -0.05) is 0 Å². The molecule has 0 fully saturated rings. The summed E-state index contributed by atoms with van der Waals surface area (Å²) in [5.74, 6) is 0.712. The summed E-state index contributed by atoms with van der Waals surface area (Å²) in [6.07, 6.45) is 1.56. The minimum Gasteiger partial charge on any atom is -0.469 e. The number of carbonyl (C=O) groups is 2. The SMILES string of the molecule is COC(=O)CCc1ncc(NC(=O)OC(C)(C)C)[nH]1. The van der Waals surface area contributed by atoms with Crippen molar-refractivity contribution in [1.82, 2.24) is 9.97 Å². The monoisotopic (exact) mass is 269 g/mol. The molecule has 7 nitrogen and oxygen atoms in total. The molecule has 0 bridgehead atoms. The molecule has 1 rings (SSSR count). The van der Waals surface area contributed by atoms with Gasteiger partial charge in [-0.15, -0.1) is 0 Å². The van der Waals surface area contributed by atoms with E-state index in [0.29, 0.717) is 18.1 Å². The van der Waals surface area contributed by atoms with Crippen molar-refractivity contribution in [3.63, 3.8) is 0 Å². The van der Waals surface area contributed by atoms with Crippen LogP contribution >= 0.6 is 0 Å². The van der Waals surface area contributed by atoms with Crippen molar-refractivity contribution in [2.45, 2.75) is 39.2 Å². The molecule has 1 heterocycles. The number of aromatic nitrogens is 2. The quantitative estimate of drug-likeness (QED) is 0.814. The Morgan fingerprint density at radius 3 is 2.68 bits per heavy atom. The van der Waals surface area contributed by atoms with E-state index in [0.717, 1.165) is 0 Å².